The Morgan fingerprint density at radius 3 is 2.56 bits per heavy atom. The number of hydrogen-bond acceptors (Lipinski definition) is 7. The first-order valence-electron chi connectivity index (χ1n) is 9.30. The summed E-state index contributed by atoms with van der Waals surface area (Å²) >= 11 is 13.1. The molecule has 1 aromatic heterocycles. The van der Waals surface area contributed by atoms with Crippen molar-refractivity contribution >= 4 is 52.2 Å². The van der Waals surface area contributed by atoms with Crippen molar-refractivity contribution in [2.75, 3.05) is 11.1 Å². The van der Waals surface area contributed by atoms with Crippen LogP contribution in [0.2, 0.25) is 10.0 Å². The monoisotopic (exact) mass is 495 g/mol. The highest BCUT2D eigenvalue weighted by Gasteiger charge is 2.16. The molecular formula is C20H19Cl2N5O4S. The van der Waals surface area contributed by atoms with Crippen LogP contribution in [0, 0.1) is 24.0 Å². The molecule has 0 atom stereocenters. The second-order valence-corrected chi connectivity index (χ2v) is 8.61. The lowest BCUT2D eigenvalue weighted by atomic mass is 10.1. The molecule has 3 rings (SSSR count). The van der Waals surface area contributed by atoms with Gasteiger partial charge in [0.25, 0.3) is 5.69 Å². The third kappa shape index (κ3) is 5.70. The number of nitro benzene ring substituents is 1. The molecule has 0 radical (unpaired) electrons. The van der Waals surface area contributed by atoms with Crippen molar-refractivity contribution in [3.8, 4) is 5.75 Å². The average Bonchev–Trinajstić information content (AvgIpc) is 3.09. The summed E-state index contributed by atoms with van der Waals surface area (Å²) in [6.07, 6.45) is 0. The number of carbonyl (C=O) groups is 1. The van der Waals surface area contributed by atoms with E-state index in [-0.39, 0.29) is 34.7 Å². The fourth-order valence-corrected chi connectivity index (χ4v) is 3.82. The molecule has 0 saturated heterocycles. The van der Waals surface area contributed by atoms with Crippen molar-refractivity contribution in [1.82, 2.24) is 14.8 Å². The smallest absolute Gasteiger partial charge is 0.289 e. The third-order valence-corrected chi connectivity index (χ3v) is 6.40. The topological polar surface area (TPSA) is 112 Å². The molecule has 0 spiro atoms. The Morgan fingerprint density at radius 1 is 1.22 bits per heavy atom. The van der Waals surface area contributed by atoms with E-state index in [0.29, 0.717) is 21.8 Å². The van der Waals surface area contributed by atoms with Gasteiger partial charge < -0.3 is 14.6 Å². The van der Waals surface area contributed by atoms with Crippen molar-refractivity contribution in [1.29, 1.82) is 0 Å². The van der Waals surface area contributed by atoms with E-state index in [1.807, 2.05) is 26.0 Å². The number of thioether (sulfide) groups is 1. The van der Waals surface area contributed by atoms with Gasteiger partial charge in [-0.1, -0.05) is 35.0 Å². The van der Waals surface area contributed by atoms with Crippen LogP contribution < -0.4 is 10.1 Å². The highest BCUT2D eigenvalue weighted by atomic mass is 35.5. The van der Waals surface area contributed by atoms with E-state index in [0.717, 1.165) is 11.1 Å². The van der Waals surface area contributed by atoms with Gasteiger partial charge in [0.05, 0.1) is 10.7 Å². The molecule has 0 saturated carbocycles. The van der Waals surface area contributed by atoms with Crippen LogP contribution in [0.3, 0.4) is 0 Å². The summed E-state index contributed by atoms with van der Waals surface area (Å²) in [4.78, 5) is 22.6. The number of amides is 1. The van der Waals surface area contributed by atoms with Crippen LogP contribution in [0.25, 0.3) is 0 Å². The maximum absolute atomic E-state index is 12.2. The zero-order valence-corrected chi connectivity index (χ0v) is 19.7. The zero-order valence-electron chi connectivity index (χ0n) is 17.4. The standard InChI is InChI=1S/C20H19Cl2N5O4S/c1-11-6-14(7-12(2)19(11)22)31-9-17-24-25-20(26(17)3)32-10-18(28)23-13-4-5-15(21)16(8-13)27(29)30/h4-8H,9-10H2,1-3H3,(H,23,28). The van der Waals surface area contributed by atoms with E-state index in [9.17, 15) is 14.9 Å². The molecule has 2 aromatic carbocycles. The normalized spacial score (nSPS) is 10.8. The quantitative estimate of drug-likeness (QED) is 0.267. The molecular weight excluding hydrogens is 477 g/mol. The fraction of sp³-hybridized carbons (Fsp3) is 0.250. The Balaban J connectivity index is 1.57. The number of aromatic nitrogens is 3. The Bertz CT molecular complexity index is 1160. The summed E-state index contributed by atoms with van der Waals surface area (Å²) in [7, 11) is 1.78. The largest absolute Gasteiger partial charge is 0.486 e. The lowest BCUT2D eigenvalue weighted by Crippen LogP contribution is -2.14. The van der Waals surface area contributed by atoms with Crippen molar-refractivity contribution in [3.63, 3.8) is 0 Å². The number of rotatable bonds is 8. The molecule has 0 aliphatic carbocycles. The molecule has 12 heteroatoms. The highest BCUT2D eigenvalue weighted by Crippen LogP contribution is 2.28. The first-order chi connectivity index (χ1) is 15.2. The van der Waals surface area contributed by atoms with E-state index in [4.69, 9.17) is 27.9 Å². The number of nitrogens with zero attached hydrogens (tertiary/aromatic N) is 4. The molecule has 9 nitrogen and oxygen atoms in total. The molecule has 0 unspecified atom stereocenters. The number of nitrogens with one attached hydrogen (secondary N) is 1. The minimum Gasteiger partial charge on any atom is -0.486 e. The van der Waals surface area contributed by atoms with E-state index >= 15 is 0 Å². The second-order valence-electron chi connectivity index (χ2n) is 6.88. The summed E-state index contributed by atoms with van der Waals surface area (Å²) in [6.45, 7) is 4.02. The van der Waals surface area contributed by atoms with Crippen molar-refractivity contribution in [2.24, 2.45) is 7.05 Å². The predicted octanol–water partition coefficient (Wildman–Crippen LogP) is 4.96. The lowest BCUT2D eigenvalue weighted by molar-refractivity contribution is -0.384. The van der Waals surface area contributed by atoms with E-state index in [1.165, 1.54) is 30.0 Å². The Kier molecular flexibility index (Phi) is 7.60. The number of hydrogen-bond donors (Lipinski definition) is 1. The molecule has 1 amide bonds. The van der Waals surface area contributed by atoms with Gasteiger partial charge in [0.1, 0.15) is 17.4 Å². The van der Waals surface area contributed by atoms with Gasteiger partial charge in [0.15, 0.2) is 11.0 Å². The second kappa shape index (κ2) is 10.2. The van der Waals surface area contributed by atoms with Gasteiger partial charge in [-0.25, -0.2) is 0 Å². The maximum Gasteiger partial charge on any atom is 0.289 e. The third-order valence-electron chi connectivity index (χ3n) is 4.46. The van der Waals surface area contributed by atoms with E-state index < -0.39 is 4.92 Å². The van der Waals surface area contributed by atoms with Crippen LogP contribution in [-0.4, -0.2) is 31.3 Å². The van der Waals surface area contributed by atoms with E-state index in [1.54, 1.807) is 11.6 Å². The van der Waals surface area contributed by atoms with Crippen LogP contribution >= 0.6 is 35.0 Å². The van der Waals surface area contributed by atoms with Crippen molar-refractivity contribution in [2.45, 2.75) is 25.6 Å². The van der Waals surface area contributed by atoms with Gasteiger partial charge in [0.2, 0.25) is 5.91 Å². The Hall–Kier alpha value is -2.82. The SMILES string of the molecule is Cc1cc(OCc2nnc(SCC(=O)Nc3ccc(Cl)c([N+](=O)[O-])c3)n2C)cc(C)c1Cl. The van der Waals surface area contributed by atoms with Gasteiger partial charge in [-0.3, -0.25) is 14.9 Å². The molecule has 3 aromatic rings. The Morgan fingerprint density at radius 2 is 1.91 bits per heavy atom. The summed E-state index contributed by atoms with van der Waals surface area (Å²) < 4.78 is 7.55. The number of anilines is 1. The van der Waals surface area contributed by atoms with Gasteiger partial charge in [-0.05, 0) is 49.2 Å². The van der Waals surface area contributed by atoms with Crippen molar-refractivity contribution in [3.05, 3.63) is 67.4 Å². The van der Waals surface area contributed by atoms with Gasteiger partial charge in [-0.2, -0.15) is 0 Å². The highest BCUT2D eigenvalue weighted by molar-refractivity contribution is 7.99. The fourth-order valence-electron chi connectivity index (χ4n) is 2.79. The summed E-state index contributed by atoms with van der Waals surface area (Å²) in [5.41, 5.74) is 1.86. The molecule has 32 heavy (non-hydrogen) atoms. The van der Waals surface area contributed by atoms with Crippen LogP contribution in [-0.2, 0) is 18.4 Å². The first-order valence-corrected chi connectivity index (χ1v) is 11.0. The summed E-state index contributed by atoms with van der Waals surface area (Å²) in [6, 6.07) is 7.78. The molecule has 0 bridgehead atoms. The predicted molar refractivity (Wildman–Crippen MR) is 124 cm³/mol. The molecule has 0 fully saturated rings. The van der Waals surface area contributed by atoms with Gasteiger partial charge >= 0.3 is 0 Å². The summed E-state index contributed by atoms with van der Waals surface area (Å²) in [5.74, 6) is 0.961. The van der Waals surface area contributed by atoms with Crippen LogP contribution in [0.15, 0.2) is 35.5 Å². The van der Waals surface area contributed by atoms with Gasteiger partial charge in [-0.15, -0.1) is 10.2 Å². The summed E-state index contributed by atoms with van der Waals surface area (Å²) in [5, 5.41) is 23.0. The average molecular weight is 496 g/mol. The lowest BCUT2D eigenvalue weighted by Gasteiger charge is -2.10. The number of halogens is 2. The molecule has 0 aliphatic rings. The molecule has 168 valence electrons. The number of carbonyl (C=O) groups excluding carboxylic acids is 1. The maximum atomic E-state index is 12.2. The Labute approximate surface area is 198 Å². The number of nitro groups is 1. The van der Waals surface area contributed by atoms with Crippen LogP contribution in [0.1, 0.15) is 17.0 Å². The first kappa shape index (κ1) is 23.8. The van der Waals surface area contributed by atoms with Gasteiger partial charge in [0, 0.05) is 23.8 Å². The van der Waals surface area contributed by atoms with Crippen molar-refractivity contribution < 1.29 is 14.5 Å². The number of benzene rings is 2. The zero-order chi connectivity index (χ0) is 23.4. The molecule has 1 heterocycles. The minimum atomic E-state index is -0.609. The van der Waals surface area contributed by atoms with E-state index in [2.05, 4.69) is 15.5 Å². The van der Waals surface area contributed by atoms with Crippen LogP contribution in [0.5, 0.6) is 5.75 Å². The number of ether oxygens (including phenoxy) is 1. The minimum absolute atomic E-state index is 0.000119. The molecule has 1 N–H and O–H groups in total. The van der Waals surface area contributed by atoms with Crippen LogP contribution in [0.4, 0.5) is 11.4 Å². The molecule has 0 aliphatic heterocycles. The number of aryl methyl sites for hydroxylation is 2.